The quantitative estimate of drug-likeness (QED) is 0.892. The Morgan fingerprint density at radius 2 is 2.06 bits per heavy atom. The van der Waals surface area contributed by atoms with Gasteiger partial charge >= 0.3 is 5.97 Å². The molecule has 98 valence electrons. The molecule has 4 unspecified atom stereocenters. The number of aromatic nitrogens is 2. The number of hydrogen-bond acceptors (Lipinski definition) is 4. The molecule has 0 saturated heterocycles. The van der Waals surface area contributed by atoms with Crippen LogP contribution in [0.2, 0.25) is 0 Å². The van der Waals surface area contributed by atoms with Crippen molar-refractivity contribution in [1.29, 1.82) is 0 Å². The first-order valence-electron chi connectivity index (χ1n) is 6.73. The van der Waals surface area contributed by atoms with E-state index in [1.165, 1.54) is 0 Å². The predicted octanol–water partition coefficient (Wildman–Crippen LogP) is 2.55. The van der Waals surface area contributed by atoms with Crippen LogP contribution in [0.5, 0.6) is 0 Å². The van der Waals surface area contributed by atoms with E-state index in [9.17, 15) is 9.90 Å². The van der Waals surface area contributed by atoms with Gasteiger partial charge in [-0.3, -0.25) is 4.79 Å². The smallest absolute Gasteiger partial charge is 0.307 e. The van der Waals surface area contributed by atoms with Crippen molar-refractivity contribution in [2.24, 2.45) is 11.8 Å². The van der Waals surface area contributed by atoms with Gasteiger partial charge in [0.15, 0.2) is 5.82 Å². The topological polar surface area (TPSA) is 76.2 Å². The summed E-state index contributed by atoms with van der Waals surface area (Å²) < 4.78 is 5.31. The minimum atomic E-state index is -0.737. The highest BCUT2D eigenvalue weighted by molar-refractivity contribution is 5.71. The van der Waals surface area contributed by atoms with Crippen LogP contribution >= 0.6 is 0 Å². The maximum absolute atomic E-state index is 11.3. The number of nitrogens with zero attached hydrogens (tertiary/aromatic N) is 2. The van der Waals surface area contributed by atoms with Crippen molar-refractivity contribution in [2.45, 2.75) is 50.9 Å². The van der Waals surface area contributed by atoms with Crippen LogP contribution in [0.1, 0.15) is 62.6 Å². The van der Waals surface area contributed by atoms with Crippen LogP contribution in [0.3, 0.4) is 0 Å². The third-order valence-electron chi connectivity index (χ3n) is 4.30. The van der Waals surface area contributed by atoms with Gasteiger partial charge < -0.3 is 9.63 Å². The molecule has 0 radical (unpaired) electrons. The minimum Gasteiger partial charge on any atom is -0.481 e. The van der Waals surface area contributed by atoms with Gasteiger partial charge in [0.1, 0.15) is 0 Å². The molecular formula is C13H18N2O3. The number of carbonyl (C=O) groups is 1. The molecule has 5 nitrogen and oxygen atoms in total. The summed E-state index contributed by atoms with van der Waals surface area (Å²) in [5.41, 5.74) is 0. The van der Waals surface area contributed by atoms with Gasteiger partial charge in [0.2, 0.25) is 5.89 Å². The van der Waals surface area contributed by atoms with E-state index in [1.54, 1.807) is 0 Å². The van der Waals surface area contributed by atoms with Gasteiger partial charge in [-0.05, 0) is 25.2 Å². The second-order valence-electron chi connectivity index (χ2n) is 5.65. The summed E-state index contributed by atoms with van der Waals surface area (Å²) in [6.07, 6.45) is 4.71. The molecule has 4 atom stereocenters. The number of carboxylic acids is 1. The molecule has 0 spiro atoms. The Kier molecular flexibility index (Phi) is 2.84. The highest BCUT2D eigenvalue weighted by atomic mass is 16.5. The molecule has 2 fully saturated rings. The van der Waals surface area contributed by atoms with Crippen molar-refractivity contribution in [2.75, 3.05) is 0 Å². The van der Waals surface area contributed by atoms with Crippen molar-refractivity contribution in [3.05, 3.63) is 11.7 Å². The Morgan fingerprint density at radius 3 is 2.72 bits per heavy atom. The molecule has 0 aliphatic heterocycles. The van der Waals surface area contributed by atoms with Gasteiger partial charge in [-0.2, -0.15) is 4.98 Å². The van der Waals surface area contributed by atoms with E-state index in [1.807, 2.05) is 0 Å². The van der Waals surface area contributed by atoms with Crippen LogP contribution in [0.15, 0.2) is 4.52 Å². The van der Waals surface area contributed by atoms with Crippen LogP contribution in [0.4, 0.5) is 0 Å². The summed E-state index contributed by atoms with van der Waals surface area (Å²) in [6.45, 7) is 2.17. The van der Waals surface area contributed by atoms with Crippen LogP contribution in [0.25, 0.3) is 0 Å². The summed E-state index contributed by atoms with van der Waals surface area (Å²) >= 11 is 0. The zero-order chi connectivity index (χ0) is 12.7. The zero-order valence-electron chi connectivity index (χ0n) is 10.5. The maximum atomic E-state index is 11.3. The van der Waals surface area contributed by atoms with E-state index in [4.69, 9.17) is 4.52 Å². The van der Waals surface area contributed by atoms with E-state index in [-0.39, 0.29) is 11.8 Å². The lowest BCUT2D eigenvalue weighted by atomic mass is 9.79. The lowest BCUT2D eigenvalue weighted by Crippen LogP contribution is -2.25. The second kappa shape index (κ2) is 4.37. The van der Waals surface area contributed by atoms with Crippen molar-refractivity contribution in [3.8, 4) is 0 Å². The third-order valence-corrected chi connectivity index (χ3v) is 4.30. The summed E-state index contributed by atoms with van der Waals surface area (Å²) in [7, 11) is 0. The number of rotatable bonds is 3. The van der Waals surface area contributed by atoms with E-state index in [0.717, 1.165) is 37.9 Å². The van der Waals surface area contributed by atoms with Crippen molar-refractivity contribution in [1.82, 2.24) is 10.1 Å². The number of carboxylic acid groups (broad SMARTS) is 1. The van der Waals surface area contributed by atoms with Gasteiger partial charge in [-0.15, -0.1) is 0 Å². The van der Waals surface area contributed by atoms with Gasteiger partial charge in [-0.1, -0.05) is 24.9 Å². The van der Waals surface area contributed by atoms with E-state index < -0.39 is 5.97 Å². The summed E-state index contributed by atoms with van der Waals surface area (Å²) in [6, 6.07) is 0. The average molecular weight is 250 g/mol. The Morgan fingerprint density at radius 1 is 1.33 bits per heavy atom. The zero-order valence-corrected chi connectivity index (χ0v) is 10.5. The molecule has 5 heteroatoms. The Labute approximate surface area is 106 Å². The summed E-state index contributed by atoms with van der Waals surface area (Å²) in [5.74, 6) is 1.18. The SMILES string of the molecule is CC1CC1c1noc(C2CCCCC2C(=O)O)n1. The van der Waals surface area contributed by atoms with E-state index in [0.29, 0.717) is 17.7 Å². The highest BCUT2D eigenvalue weighted by Gasteiger charge is 2.40. The monoisotopic (exact) mass is 250 g/mol. The molecular weight excluding hydrogens is 232 g/mol. The first-order chi connectivity index (χ1) is 8.66. The second-order valence-corrected chi connectivity index (χ2v) is 5.65. The molecule has 2 aliphatic carbocycles. The van der Waals surface area contributed by atoms with Crippen LogP contribution in [-0.2, 0) is 4.79 Å². The summed E-state index contributed by atoms with van der Waals surface area (Å²) in [4.78, 5) is 15.7. The third kappa shape index (κ3) is 2.02. The first-order valence-corrected chi connectivity index (χ1v) is 6.73. The van der Waals surface area contributed by atoms with Crippen molar-refractivity contribution >= 4 is 5.97 Å². The normalized spacial score (nSPS) is 35.4. The number of aliphatic carboxylic acids is 1. The van der Waals surface area contributed by atoms with Gasteiger partial charge in [0.05, 0.1) is 11.8 Å². The first kappa shape index (κ1) is 11.7. The van der Waals surface area contributed by atoms with E-state index >= 15 is 0 Å². The fourth-order valence-corrected chi connectivity index (χ4v) is 2.95. The van der Waals surface area contributed by atoms with Crippen LogP contribution in [0, 0.1) is 11.8 Å². The fraction of sp³-hybridized carbons (Fsp3) is 0.769. The average Bonchev–Trinajstić information content (AvgIpc) is 2.92. The molecule has 18 heavy (non-hydrogen) atoms. The molecule has 2 saturated carbocycles. The number of hydrogen-bond donors (Lipinski definition) is 1. The maximum Gasteiger partial charge on any atom is 0.307 e. The molecule has 1 aromatic rings. The van der Waals surface area contributed by atoms with E-state index in [2.05, 4.69) is 17.1 Å². The fourth-order valence-electron chi connectivity index (χ4n) is 2.95. The van der Waals surface area contributed by atoms with Crippen molar-refractivity contribution < 1.29 is 14.4 Å². The lowest BCUT2D eigenvalue weighted by molar-refractivity contribution is -0.143. The van der Waals surface area contributed by atoms with Gasteiger partial charge in [0, 0.05) is 5.92 Å². The standard InChI is InChI=1S/C13H18N2O3/c1-7-6-10(7)11-14-12(18-15-11)8-4-2-3-5-9(8)13(16)17/h7-10H,2-6H2,1H3,(H,16,17). The highest BCUT2D eigenvalue weighted by Crippen LogP contribution is 2.46. The Hall–Kier alpha value is -1.39. The van der Waals surface area contributed by atoms with Gasteiger partial charge in [0.25, 0.3) is 0 Å². The van der Waals surface area contributed by atoms with Crippen LogP contribution in [-0.4, -0.2) is 21.2 Å². The minimum absolute atomic E-state index is 0.0912. The molecule has 0 aromatic carbocycles. The molecule has 3 rings (SSSR count). The predicted molar refractivity (Wildman–Crippen MR) is 63.2 cm³/mol. The van der Waals surface area contributed by atoms with Gasteiger partial charge in [-0.25, -0.2) is 0 Å². The molecule has 1 heterocycles. The Bertz CT molecular complexity index is 457. The summed E-state index contributed by atoms with van der Waals surface area (Å²) in [5, 5.41) is 13.3. The molecule has 1 aromatic heterocycles. The molecule has 1 N–H and O–H groups in total. The lowest BCUT2D eigenvalue weighted by Gasteiger charge is -2.25. The van der Waals surface area contributed by atoms with Crippen molar-refractivity contribution in [3.63, 3.8) is 0 Å². The largest absolute Gasteiger partial charge is 0.481 e. The molecule has 0 amide bonds. The van der Waals surface area contributed by atoms with Crippen LogP contribution < -0.4 is 0 Å². The molecule has 2 aliphatic rings. The Balaban J connectivity index is 1.79. The molecule has 0 bridgehead atoms.